The minimum atomic E-state index is -1.01. The standard InChI is InChI=1S/C27H20Cl3F2N3O2/c1-35(2)34-26(36)21-13-20(16-4-6-17(28)7-5-16)25(19-9-8-18(29)12-22(19)30)33-27(21)37-14-15-3-10-23(31)24(32)11-15/h3-13H,14H2,1-2H3,(H,34,36). The lowest BCUT2D eigenvalue weighted by molar-refractivity contribution is 0.0851. The average molecular weight is 563 g/mol. The second-order valence-corrected chi connectivity index (χ2v) is 9.52. The van der Waals surface area contributed by atoms with Crippen LogP contribution in [0.5, 0.6) is 5.88 Å². The van der Waals surface area contributed by atoms with E-state index >= 15 is 0 Å². The highest BCUT2D eigenvalue weighted by Crippen LogP contribution is 2.39. The van der Waals surface area contributed by atoms with E-state index in [2.05, 4.69) is 10.4 Å². The van der Waals surface area contributed by atoms with E-state index in [9.17, 15) is 13.6 Å². The van der Waals surface area contributed by atoms with Crippen molar-refractivity contribution in [1.29, 1.82) is 0 Å². The van der Waals surface area contributed by atoms with Gasteiger partial charge in [-0.05, 0) is 59.7 Å². The highest BCUT2D eigenvalue weighted by Gasteiger charge is 2.22. The number of halogens is 5. The number of nitrogens with zero attached hydrogens (tertiary/aromatic N) is 2. The van der Waals surface area contributed by atoms with Crippen LogP contribution in [0.15, 0.2) is 66.7 Å². The highest BCUT2D eigenvalue weighted by molar-refractivity contribution is 6.36. The summed E-state index contributed by atoms with van der Waals surface area (Å²) < 4.78 is 33.0. The molecule has 0 aliphatic carbocycles. The third-order valence-corrected chi connectivity index (χ3v) is 6.06. The zero-order chi connectivity index (χ0) is 26.7. The molecular formula is C27H20Cl3F2N3O2. The van der Waals surface area contributed by atoms with Crippen LogP contribution in [0.2, 0.25) is 15.1 Å². The number of ether oxygens (including phenoxy) is 1. The molecule has 0 aliphatic heterocycles. The van der Waals surface area contributed by atoms with Gasteiger partial charge in [-0.3, -0.25) is 10.2 Å². The summed E-state index contributed by atoms with van der Waals surface area (Å²) in [6.45, 7) is -0.166. The summed E-state index contributed by atoms with van der Waals surface area (Å²) >= 11 is 18.7. The Morgan fingerprint density at radius 1 is 0.892 bits per heavy atom. The molecule has 4 rings (SSSR count). The molecule has 0 saturated carbocycles. The van der Waals surface area contributed by atoms with E-state index in [1.807, 2.05) is 0 Å². The lowest BCUT2D eigenvalue weighted by Gasteiger charge is -2.19. The summed E-state index contributed by atoms with van der Waals surface area (Å²) in [6, 6.07) is 17.0. The van der Waals surface area contributed by atoms with Crippen molar-refractivity contribution in [3.05, 3.63) is 105 Å². The first kappa shape index (κ1) is 26.8. The molecule has 5 nitrogen and oxygen atoms in total. The fourth-order valence-electron chi connectivity index (χ4n) is 3.55. The van der Waals surface area contributed by atoms with Gasteiger partial charge in [0.1, 0.15) is 12.2 Å². The predicted octanol–water partition coefficient (Wildman–Crippen LogP) is 7.44. The molecule has 190 valence electrons. The fraction of sp³-hybridized carbons (Fsp3) is 0.111. The van der Waals surface area contributed by atoms with Crippen molar-refractivity contribution in [2.75, 3.05) is 14.1 Å². The molecule has 4 aromatic rings. The average Bonchev–Trinajstić information content (AvgIpc) is 2.84. The van der Waals surface area contributed by atoms with Crippen LogP contribution >= 0.6 is 34.8 Å². The van der Waals surface area contributed by atoms with E-state index in [1.54, 1.807) is 62.6 Å². The first-order chi connectivity index (χ1) is 17.6. The van der Waals surface area contributed by atoms with Gasteiger partial charge in [-0.2, -0.15) is 0 Å². The van der Waals surface area contributed by atoms with Crippen LogP contribution in [0.25, 0.3) is 22.4 Å². The van der Waals surface area contributed by atoms with Crippen LogP contribution < -0.4 is 10.2 Å². The first-order valence-electron chi connectivity index (χ1n) is 10.9. The Hall–Kier alpha value is -3.23. The zero-order valence-electron chi connectivity index (χ0n) is 19.7. The maximum Gasteiger partial charge on any atom is 0.271 e. The van der Waals surface area contributed by atoms with Gasteiger partial charge < -0.3 is 4.74 Å². The Bertz CT molecular complexity index is 1460. The molecule has 1 aromatic heterocycles. The Kier molecular flexibility index (Phi) is 8.29. The Morgan fingerprint density at radius 2 is 1.59 bits per heavy atom. The minimum absolute atomic E-state index is 0.0252. The minimum Gasteiger partial charge on any atom is -0.472 e. The van der Waals surface area contributed by atoms with E-state index in [-0.39, 0.29) is 18.1 Å². The van der Waals surface area contributed by atoms with E-state index in [0.717, 1.165) is 17.7 Å². The summed E-state index contributed by atoms with van der Waals surface area (Å²) in [5.41, 5.74) is 5.44. The summed E-state index contributed by atoms with van der Waals surface area (Å²) in [4.78, 5) is 17.8. The molecule has 10 heteroatoms. The lowest BCUT2D eigenvalue weighted by atomic mass is 9.97. The monoisotopic (exact) mass is 561 g/mol. The Labute approximate surface area is 227 Å². The molecule has 0 aliphatic rings. The van der Waals surface area contributed by atoms with Gasteiger partial charge in [-0.25, -0.2) is 18.8 Å². The molecular weight excluding hydrogens is 543 g/mol. The van der Waals surface area contributed by atoms with Crippen LogP contribution in [-0.2, 0) is 6.61 Å². The summed E-state index contributed by atoms with van der Waals surface area (Å²) in [5.74, 6) is -2.49. The molecule has 0 radical (unpaired) electrons. The van der Waals surface area contributed by atoms with Crippen molar-refractivity contribution in [3.8, 4) is 28.3 Å². The van der Waals surface area contributed by atoms with Gasteiger partial charge in [-0.1, -0.05) is 53.0 Å². The number of carbonyl (C=O) groups excluding carboxylic acids is 1. The van der Waals surface area contributed by atoms with Gasteiger partial charge in [-0.15, -0.1) is 0 Å². The van der Waals surface area contributed by atoms with Gasteiger partial charge in [0.05, 0.1) is 10.7 Å². The van der Waals surface area contributed by atoms with Crippen molar-refractivity contribution in [2.45, 2.75) is 6.61 Å². The van der Waals surface area contributed by atoms with Crippen molar-refractivity contribution >= 4 is 40.7 Å². The topological polar surface area (TPSA) is 54.5 Å². The first-order valence-corrected chi connectivity index (χ1v) is 12.1. The van der Waals surface area contributed by atoms with Gasteiger partial charge in [0, 0.05) is 35.3 Å². The number of aromatic nitrogens is 1. The van der Waals surface area contributed by atoms with Crippen LogP contribution in [0.1, 0.15) is 15.9 Å². The maximum absolute atomic E-state index is 13.7. The number of hydrogen-bond donors (Lipinski definition) is 1. The van der Waals surface area contributed by atoms with Crippen LogP contribution in [-0.4, -0.2) is 30.0 Å². The molecule has 37 heavy (non-hydrogen) atoms. The van der Waals surface area contributed by atoms with Gasteiger partial charge >= 0.3 is 0 Å². The normalized spacial score (nSPS) is 11.0. The van der Waals surface area contributed by atoms with Gasteiger partial charge in [0.25, 0.3) is 5.91 Å². The number of hydrazine groups is 1. The summed E-state index contributed by atoms with van der Waals surface area (Å²) in [7, 11) is 3.32. The smallest absolute Gasteiger partial charge is 0.271 e. The van der Waals surface area contributed by atoms with Crippen molar-refractivity contribution in [1.82, 2.24) is 15.4 Å². The Balaban J connectivity index is 1.89. The molecule has 0 saturated heterocycles. The van der Waals surface area contributed by atoms with E-state index in [1.165, 1.54) is 11.1 Å². The maximum atomic E-state index is 13.7. The van der Waals surface area contributed by atoms with Gasteiger partial charge in [0.2, 0.25) is 5.88 Å². The second kappa shape index (κ2) is 11.4. The van der Waals surface area contributed by atoms with E-state index in [0.29, 0.717) is 37.5 Å². The van der Waals surface area contributed by atoms with Crippen LogP contribution in [0, 0.1) is 11.6 Å². The number of rotatable bonds is 7. The SMILES string of the molecule is CN(C)NC(=O)c1cc(-c2ccc(Cl)cc2)c(-c2ccc(Cl)cc2Cl)nc1OCc1ccc(F)c(F)c1. The highest BCUT2D eigenvalue weighted by atomic mass is 35.5. The number of benzene rings is 3. The van der Waals surface area contributed by atoms with E-state index < -0.39 is 17.5 Å². The molecule has 0 spiro atoms. The Morgan fingerprint density at radius 3 is 2.24 bits per heavy atom. The van der Waals surface area contributed by atoms with E-state index in [4.69, 9.17) is 39.5 Å². The molecule has 0 fully saturated rings. The number of amides is 1. The molecule has 0 bridgehead atoms. The number of carbonyl (C=O) groups is 1. The molecule has 0 unspecified atom stereocenters. The predicted molar refractivity (Wildman–Crippen MR) is 142 cm³/mol. The lowest BCUT2D eigenvalue weighted by Crippen LogP contribution is -2.36. The summed E-state index contributed by atoms with van der Waals surface area (Å²) in [6.07, 6.45) is 0. The molecule has 1 N–H and O–H groups in total. The van der Waals surface area contributed by atoms with Crippen molar-refractivity contribution in [3.63, 3.8) is 0 Å². The largest absolute Gasteiger partial charge is 0.472 e. The van der Waals surface area contributed by atoms with Crippen LogP contribution in [0.4, 0.5) is 8.78 Å². The van der Waals surface area contributed by atoms with Crippen LogP contribution in [0.3, 0.4) is 0 Å². The fourth-order valence-corrected chi connectivity index (χ4v) is 4.17. The number of hydrogen-bond acceptors (Lipinski definition) is 4. The number of nitrogens with one attached hydrogen (secondary N) is 1. The summed E-state index contributed by atoms with van der Waals surface area (Å²) in [5, 5.41) is 2.80. The van der Waals surface area contributed by atoms with Gasteiger partial charge in [0.15, 0.2) is 11.6 Å². The molecule has 3 aromatic carbocycles. The second-order valence-electron chi connectivity index (χ2n) is 8.24. The molecule has 0 atom stereocenters. The third-order valence-electron chi connectivity index (χ3n) is 5.26. The molecule has 1 amide bonds. The van der Waals surface area contributed by atoms with Crippen molar-refractivity contribution in [2.24, 2.45) is 0 Å². The number of pyridine rings is 1. The van der Waals surface area contributed by atoms with Crippen molar-refractivity contribution < 1.29 is 18.3 Å². The quantitative estimate of drug-likeness (QED) is 0.238. The zero-order valence-corrected chi connectivity index (χ0v) is 21.9. The molecule has 1 heterocycles. The third kappa shape index (κ3) is 6.37.